The van der Waals surface area contributed by atoms with Gasteiger partial charge in [-0.3, -0.25) is 14.3 Å². The quantitative estimate of drug-likeness (QED) is 0.734. The first-order chi connectivity index (χ1) is 15.1. The van der Waals surface area contributed by atoms with Crippen molar-refractivity contribution >= 4 is 17.5 Å². The van der Waals surface area contributed by atoms with Crippen LogP contribution in [0.15, 0.2) is 42.7 Å². The molecular weight excluding hydrogens is 392 g/mol. The van der Waals surface area contributed by atoms with Gasteiger partial charge in [-0.25, -0.2) is 0 Å². The molecule has 0 spiro atoms. The van der Waals surface area contributed by atoms with Crippen molar-refractivity contribution in [3.63, 3.8) is 0 Å². The first-order valence-electron chi connectivity index (χ1n) is 11.5. The van der Waals surface area contributed by atoms with Crippen molar-refractivity contribution in [1.29, 1.82) is 0 Å². The van der Waals surface area contributed by atoms with Gasteiger partial charge in [0, 0.05) is 31.7 Å². The smallest absolute Gasteiger partial charge is 0.256 e. The largest absolute Gasteiger partial charge is 0.360 e. The highest BCUT2D eigenvalue weighted by atomic mass is 16.5. The zero-order chi connectivity index (χ0) is 21.6. The van der Waals surface area contributed by atoms with Crippen LogP contribution in [0.25, 0.3) is 0 Å². The number of ether oxygens (including phenoxy) is 1. The van der Waals surface area contributed by atoms with Gasteiger partial charge < -0.3 is 15.0 Å². The predicted octanol–water partition coefficient (Wildman–Crippen LogP) is 3.78. The molecule has 4 rings (SSSR count). The van der Waals surface area contributed by atoms with Crippen LogP contribution in [0.3, 0.4) is 0 Å². The highest BCUT2D eigenvalue weighted by Crippen LogP contribution is 2.30. The van der Waals surface area contributed by atoms with Crippen molar-refractivity contribution in [2.45, 2.75) is 64.2 Å². The number of carbonyl (C=O) groups excluding carboxylic acids is 2. The monoisotopic (exact) mass is 424 g/mol. The molecule has 2 fully saturated rings. The summed E-state index contributed by atoms with van der Waals surface area (Å²) in [6.07, 6.45) is 8.79. The number of likely N-dealkylation sites (tertiary alicyclic amines) is 1. The Balaban J connectivity index is 1.35. The van der Waals surface area contributed by atoms with Crippen LogP contribution in [-0.2, 0) is 20.9 Å². The molecule has 166 valence electrons. The van der Waals surface area contributed by atoms with Gasteiger partial charge in [-0.05, 0) is 38.2 Å². The molecule has 1 saturated heterocycles. The lowest BCUT2D eigenvalue weighted by Gasteiger charge is -2.34. The van der Waals surface area contributed by atoms with Crippen molar-refractivity contribution in [1.82, 2.24) is 14.7 Å². The number of nitrogens with one attached hydrogen (secondary N) is 1. The van der Waals surface area contributed by atoms with Crippen molar-refractivity contribution in [2.75, 3.05) is 18.4 Å². The van der Waals surface area contributed by atoms with Crippen molar-refractivity contribution in [3.05, 3.63) is 48.3 Å². The molecule has 1 saturated carbocycles. The highest BCUT2D eigenvalue weighted by molar-refractivity contribution is 5.92. The van der Waals surface area contributed by atoms with Gasteiger partial charge >= 0.3 is 0 Å². The molecular formula is C24H32N4O3. The Morgan fingerprint density at radius 3 is 2.48 bits per heavy atom. The molecule has 1 unspecified atom stereocenters. The van der Waals surface area contributed by atoms with Crippen LogP contribution in [0.1, 0.15) is 57.1 Å². The second kappa shape index (κ2) is 10.1. The maximum Gasteiger partial charge on any atom is 0.256 e. The van der Waals surface area contributed by atoms with Gasteiger partial charge in [0.2, 0.25) is 5.91 Å². The Morgan fingerprint density at radius 2 is 1.84 bits per heavy atom. The molecule has 0 bridgehead atoms. The minimum Gasteiger partial charge on any atom is -0.360 e. The number of aryl methyl sites for hydroxylation is 1. The second-order valence-electron chi connectivity index (χ2n) is 8.51. The van der Waals surface area contributed by atoms with E-state index >= 15 is 0 Å². The summed E-state index contributed by atoms with van der Waals surface area (Å²) in [5, 5.41) is 7.15. The summed E-state index contributed by atoms with van der Waals surface area (Å²) in [5.41, 5.74) is 1.63. The maximum atomic E-state index is 13.4. The van der Waals surface area contributed by atoms with E-state index in [0.29, 0.717) is 25.9 Å². The zero-order valence-corrected chi connectivity index (χ0v) is 18.2. The maximum absolute atomic E-state index is 13.4. The molecule has 0 radical (unpaired) electrons. The molecule has 31 heavy (non-hydrogen) atoms. The molecule has 1 N–H and O–H groups in total. The molecule has 2 aliphatic rings. The van der Waals surface area contributed by atoms with Crippen LogP contribution in [0.2, 0.25) is 0 Å². The molecule has 7 heteroatoms. The molecule has 1 aliphatic heterocycles. The SMILES string of the molecule is CCn1cc(NC(=O)C2CCN(C(=O)C(OC3CCCC3)c3ccccc3)CC2)cn1. The number of hydrogen-bond acceptors (Lipinski definition) is 4. The van der Waals surface area contributed by atoms with Crippen LogP contribution in [0.5, 0.6) is 0 Å². The number of benzene rings is 1. The van der Waals surface area contributed by atoms with E-state index in [1.165, 1.54) is 0 Å². The Morgan fingerprint density at radius 1 is 1.13 bits per heavy atom. The summed E-state index contributed by atoms with van der Waals surface area (Å²) in [6.45, 7) is 3.91. The van der Waals surface area contributed by atoms with E-state index in [0.717, 1.165) is 43.5 Å². The van der Waals surface area contributed by atoms with Gasteiger partial charge in [0.15, 0.2) is 6.10 Å². The fourth-order valence-electron chi connectivity index (χ4n) is 4.50. The molecule has 1 atom stereocenters. The standard InChI is InChI=1S/C24H32N4O3/c1-2-28-17-20(16-25-28)26-23(29)19-12-14-27(15-13-19)24(30)22(18-8-4-3-5-9-18)31-21-10-6-7-11-21/h3-5,8-9,16-17,19,21-22H,2,6-7,10-15H2,1H3,(H,26,29). The van der Waals surface area contributed by atoms with Crippen LogP contribution in [-0.4, -0.2) is 45.7 Å². The molecule has 2 heterocycles. The number of aromatic nitrogens is 2. The van der Waals surface area contributed by atoms with Crippen LogP contribution in [0.4, 0.5) is 5.69 Å². The summed E-state index contributed by atoms with van der Waals surface area (Å²) in [6, 6.07) is 9.78. The minimum absolute atomic E-state index is 0.00423. The van der Waals surface area contributed by atoms with Crippen molar-refractivity contribution in [2.24, 2.45) is 5.92 Å². The number of hydrogen-bond donors (Lipinski definition) is 1. The van der Waals surface area contributed by atoms with E-state index in [1.807, 2.05) is 48.4 Å². The Labute approximate surface area is 183 Å². The van der Waals surface area contributed by atoms with Crippen molar-refractivity contribution < 1.29 is 14.3 Å². The Hall–Kier alpha value is -2.67. The summed E-state index contributed by atoms with van der Waals surface area (Å²) >= 11 is 0. The highest BCUT2D eigenvalue weighted by Gasteiger charge is 2.34. The molecule has 1 aromatic carbocycles. The van der Waals surface area contributed by atoms with E-state index in [1.54, 1.807) is 10.9 Å². The second-order valence-corrected chi connectivity index (χ2v) is 8.51. The third-order valence-corrected chi connectivity index (χ3v) is 6.36. The van der Waals surface area contributed by atoms with Crippen LogP contribution < -0.4 is 5.32 Å². The number of anilines is 1. The van der Waals surface area contributed by atoms with E-state index in [4.69, 9.17) is 4.74 Å². The lowest BCUT2D eigenvalue weighted by Crippen LogP contribution is -2.44. The van der Waals surface area contributed by atoms with E-state index < -0.39 is 6.10 Å². The summed E-state index contributed by atoms with van der Waals surface area (Å²) in [7, 11) is 0. The van der Waals surface area contributed by atoms with E-state index in [9.17, 15) is 9.59 Å². The van der Waals surface area contributed by atoms with Gasteiger partial charge in [0.05, 0.1) is 18.0 Å². The predicted molar refractivity (Wildman–Crippen MR) is 118 cm³/mol. The van der Waals surface area contributed by atoms with E-state index in [2.05, 4.69) is 10.4 Å². The molecule has 1 aromatic heterocycles. The van der Waals surface area contributed by atoms with E-state index in [-0.39, 0.29) is 23.8 Å². The first kappa shape index (κ1) is 21.6. The van der Waals surface area contributed by atoms with Gasteiger partial charge in [0.1, 0.15) is 0 Å². The third-order valence-electron chi connectivity index (χ3n) is 6.36. The van der Waals surface area contributed by atoms with Crippen LogP contribution >= 0.6 is 0 Å². The van der Waals surface area contributed by atoms with Gasteiger partial charge in [-0.1, -0.05) is 43.2 Å². The Bertz CT molecular complexity index is 868. The molecule has 2 amide bonds. The average Bonchev–Trinajstić information content (AvgIpc) is 3.49. The molecule has 2 aromatic rings. The minimum atomic E-state index is -0.561. The number of amides is 2. The topological polar surface area (TPSA) is 76.5 Å². The fraction of sp³-hybridized carbons (Fsp3) is 0.542. The van der Waals surface area contributed by atoms with Crippen molar-refractivity contribution in [3.8, 4) is 0 Å². The van der Waals surface area contributed by atoms with Crippen LogP contribution in [0, 0.1) is 5.92 Å². The number of carbonyl (C=O) groups is 2. The Kier molecular flexibility index (Phi) is 7.02. The summed E-state index contributed by atoms with van der Waals surface area (Å²) in [4.78, 5) is 27.9. The fourth-order valence-corrected chi connectivity index (χ4v) is 4.50. The number of nitrogens with zero attached hydrogens (tertiary/aromatic N) is 3. The van der Waals surface area contributed by atoms with Gasteiger partial charge in [0.25, 0.3) is 5.91 Å². The average molecular weight is 425 g/mol. The molecule has 1 aliphatic carbocycles. The number of piperidine rings is 1. The summed E-state index contributed by atoms with van der Waals surface area (Å²) < 4.78 is 8.08. The zero-order valence-electron chi connectivity index (χ0n) is 18.2. The van der Waals surface area contributed by atoms with Gasteiger partial charge in [-0.2, -0.15) is 5.10 Å². The normalized spacial score (nSPS) is 18.8. The molecule has 7 nitrogen and oxygen atoms in total. The summed E-state index contributed by atoms with van der Waals surface area (Å²) in [5.74, 6) is -0.0781. The van der Waals surface area contributed by atoms with Gasteiger partial charge in [-0.15, -0.1) is 0 Å². The number of rotatable bonds is 7. The first-order valence-corrected chi connectivity index (χ1v) is 11.5. The lowest BCUT2D eigenvalue weighted by atomic mass is 9.95. The lowest BCUT2D eigenvalue weighted by molar-refractivity contribution is -0.150. The third kappa shape index (κ3) is 5.34.